The molecule has 0 spiro atoms. The van der Waals surface area contributed by atoms with Crippen molar-refractivity contribution in [2.45, 2.75) is 19.9 Å². The van der Waals surface area contributed by atoms with Gasteiger partial charge in [-0.1, -0.05) is 12.1 Å². The number of halogens is 1. The molecule has 6 heteroatoms. The first kappa shape index (κ1) is 16.7. The van der Waals surface area contributed by atoms with Crippen LogP contribution in [-0.2, 0) is 22.5 Å². The smallest absolute Gasteiger partial charge is 0.341 e. The van der Waals surface area contributed by atoms with Crippen LogP contribution in [0.1, 0.15) is 27.4 Å². The van der Waals surface area contributed by atoms with Crippen LogP contribution in [-0.4, -0.2) is 30.9 Å². The van der Waals surface area contributed by atoms with E-state index < -0.39 is 5.97 Å². The Morgan fingerprint density at radius 1 is 1.26 bits per heavy atom. The standard InChI is InChI=1S/C17H18FNO4/c1-11-15(17(21)22-3)9-14(23-11)10-19(2)16(20)8-12-4-6-13(18)7-5-12/h4-7,9H,8,10H2,1-3H3. The van der Waals surface area contributed by atoms with E-state index in [1.54, 1.807) is 32.2 Å². The van der Waals surface area contributed by atoms with Gasteiger partial charge in [0.05, 0.1) is 20.1 Å². The number of hydrogen-bond acceptors (Lipinski definition) is 4. The van der Waals surface area contributed by atoms with Crippen LogP contribution in [0.25, 0.3) is 0 Å². The molecule has 0 aliphatic rings. The molecule has 0 unspecified atom stereocenters. The molecule has 122 valence electrons. The van der Waals surface area contributed by atoms with Gasteiger partial charge in [0.25, 0.3) is 0 Å². The maximum atomic E-state index is 12.9. The van der Waals surface area contributed by atoms with E-state index >= 15 is 0 Å². The number of ether oxygens (including phenoxy) is 1. The average molecular weight is 319 g/mol. The third kappa shape index (κ3) is 4.18. The van der Waals surface area contributed by atoms with Crippen LogP contribution in [0.4, 0.5) is 4.39 Å². The summed E-state index contributed by atoms with van der Waals surface area (Å²) in [5, 5.41) is 0. The Bertz CT molecular complexity index is 706. The van der Waals surface area contributed by atoms with Crippen molar-refractivity contribution < 1.29 is 23.1 Å². The normalized spacial score (nSPS) is 10.4. The Labute approximate surface area is 133 Å². The second kappa shape index (κ2) is 7.09. The van der Waals surface area contributed by atoms with E-state index in [0.717, 1.165) is 5.56 Å². The molecule has 1 amide bonds. The van der Waals surface area contributed by atoms with E-state index in [4.69, 9.17) is 4.42 Å². The molecule has 0 N–H and O–H groups in total. The summed E-state index contributed by atoms with van der Waals surface area (Å²) in [7, 11) is 2.94. The molecular weight excluding hydrogens is 301 g/mol. The minimum absolute atomic E-state index is 0.134. The lowest BCUT2D eigenvalue weighted by Crippen LogP contribution is -2.27. The summed E-state index contributed by atoms with van der Waals surface area (Å²) in [4.78, 5) is 25.2. The summed E-state index contributed by atoms with van der Waals surface area (Å²) in [6.45, 7) is 1.90. The molecular formula is C17H18FNO4. The van der Waals surface area contributed by atoms with Crippen LogP contribution in [0.5, 0.6) is 0 Å². The van der Waals surface area contributed by atoms with Gasteiger partial charge >= 0.3 is 5.97 Å². The Balaban J connectivity index is 2.01. The van der Waals surface area contributed by atoms with Gasteiger partial charge in [0.2, 0.25) is 5.91 Å². The van der Waals surface area contributed by atoms with Crippen LogP contribution in [0.15, 0.2) is 34.7 Å². The fourth-order valence-electron chi connectivity index (χ4n) is 2.17. The maximum absolute atomic E-state index is 12.9. The maximum Gasteiger partial charge on any atom is 0.341 e. The molecule has 23 heavy (non-hydrogen) atoms. The molecule has 0 saturated heterocycles. The Morgan fingerprint density at radius 2 is 1.91 bits per heavy atom. The lowest BCUT2D eigenvalue weighted by Gasteiger charge is -2.15. The van der Waals surface area contributed by atoms with Gasteiger partial charge in [0.1, 0.15) is 22.9 Å². The molecule has 5 nitrogen and oxygen atoms in total. The van der Waals surface area contributed by atoms with Crippen molar-refractivity contribution in [3.8, 4) is 0 Å². The number of benzene rings is 1. The average Bonchev–Trinajstić information content (AvgIpc) is 2.89. The molecule has 1 aromatic carbocycles. The van der Waals surface area contributed by atoms with E-state index in [1.807, 2.05) is 0 Å². The highest BCUT2D eigenvalue weighted by Crippen LogP contribution is 2.17. The molecule has 2 rings (SSSR count). The van der Waals surface area contributed by atoms with Gasteiger partial charge in [0, 0.05) is 7.05 Å². The van der Waals surface area contributed by atoms with Crippen molar-refractivity contribution in [2.24, 2.45) is 0 Å². The van der Waals surface area contributed by atoms with E-state index in [1.165, 1.54) is 24.1 Å². The number of rotatable bonds is 5. The second-order valence-corrected chi connectivity index (χ2v) is 5.23. The summed E-state index contributed by atoms with van der Waals surface area (Å²) < 4.78 is 23.0. The molecule has 0 bridgehead atoms. The number of nitrogens with zero attached hydrogens (tertiary/aromatic N) is 1. The van der Waals surface area contributed by atoms with Gasteiger partial charge in [-0.3, -0.25) is 4.79 Å². The highest BCUT2D eigenvalue weighted by Gasteiger charge is 2.18. The van der Waals surface area contributed by atoms with Gasteiger partial charge < -0.3 is 14.1 Å². The van der Waals surface area contributed by atoms with Gasteiger partial charge in [-0.25, -0.2) is 9.18 Å². The SMILES string of the molecule is COC(=O)c1cc(CN(C)C(=O)Cc2ccc(F)cc2)oc1C. The van der Waals surface area contributed by atoms with Crippen LogP contribution in [0.2, 0.25) is 0 Å². The Morgan fingerprint density at radius 3 is 2.52 bits per heavy atom. The minimum atomic E-state index is -0.474. The fourth-order valence-corrected chi connectivity index (χ4v) is 2.17. The number of carbonyl (C=O) groups excluding carboxylic acids is 2. The van der Waals surface area contributed by atoms with Crippen molar-refractivity contribution in [3.63, 3.8) is 0 Å². The van der Waals surface area contributed by atoms with Crippen molar-refractivity contribution in [3.05, 3.63) is 58.8 Å². The largest absolute Gasteiger partial charge is 0.465 e. The molecule has 0 aliphatic carbocycles. The minimum Gasteiger partial charge on any atom is -0.465 e. The quantitative estimate of drug-likeness (QED) is 0.795. The van der Waals surface area contributed by atoms with E-state index in [9.17, 15) is 14.0 Å². The number of methoxy groups -OCH3 is 1. The van der Waals surface area contributed by atoms with E-state index in [0.29, 0.717) is 17.1 Å². The molecule has 0 aliphatic heterocycles. The van der Waals surface area contributed by atoms with Crippen LogP contribution in [0.3, 0.4) is 0 Å². The molecule has 0 saturated carbocycles. The molecule has 1 aromatic heterocycles. The zero-order valence-corrected chi connectivity index (χ0v) is 13.3. The fraction of sp³-hybridized carbons (Fsp3) is 0.294. The highest BCUT2D eigenvalue weighted by atomic mass is 19.1. The Hall–Kier alpha value is -2.63. The monoisotopic (exact) mass is 319 g/mol. The topological polar surface area (TPSA) is 59.8 Å². The van der Waals surface area contributed by atoms with Crippen molar-refractivity contribution in [1.82, 2.24) is 4.90 Å². The number of furan rings is 1. The number of hydrogen-bond donors (Lipinski definition) is 0. The van der Waals surface area contributed by atoms with Crippen LogP contribution in [0, 0.1) is 12.7 Å². The predicted molar refractivity (Wildman–Crippen MR) is 81.4 cm³/mol. The molecule has 0 fully saturated rings. The highest BCUT2D eigenvalue weighted by molar-refractivity contribution is 5.90. The third-order valence-corrected chi connectivity index (χ3v) is 3.46. The lowest BCUT2D eigenvalue weighted by atomic mass is 10.1. The predicted octanol–water partition coefficient (Wildman–Crippen LogP) is 2.71. The number of amides is 1. The third-order valence-electron chi connectivity index (χ3n) is 3.46. The van der Waals surface area contributed by atoms with E-state index in [-0.39, 0.29) is 24.7 Å². The number of esters is 1. The van der Waals surface area contributed by atoms with Crippen molar-refractivity contribution in [1.29, 1.82) is 0 Å². The summed E-state index contributed by atoms with van der Waals surface area (Å²) in [6, 6.07) is 7.37. The number of carbonyl (C=O) groups is 2. The molecule has 1 heterocycles. The van der Waals surface area contributed by atoms with Crippen LogP contribution >= 0.6 is 0 Å². The zero-order valence-electron chi connectivity index (χ0n) is 13.3. The van der Waals surface area contributed by atoms with Gasteiger partial charge in [-0.05, 0) is 30.7 Å². The summed E-state index contributed by atoms with van der Waals surface area (Å²) in [5.41, 5.74) is 1.08. The summed E-state index contributed by atoms with van der Waals surface area (Å²) in [5.74, 6) is 0.00288. The number of aryl methyl sites for hydroxylation is 1. The van der Waals surface area contributed by atoms with Gasteiger partial charge in [-0.15, -0.1) is 0 Å². The number of likely N-dealkylation sites (N-methyl/N-ethyl adjacent to an activating group) is 1. The first-order valence-electron chi connectivity index (χ1n) is 7.06. The molecule has 2 aromatic rings. The van der Waals surface area contributed by atoms with Crippen molar-refractivity contribution in [2.75, 3.05) is 14.2 Å². The first-order chi connectivity index (χ1) is 10.9. The Kier molecular flexibility index (Phi) is 5.16. The zero-order chi connectivity index (χ0) is 17.0. The second-order valence-electron chi connectivity index (χ2n) is 5.23. The summed E-state index contributed by atoms with van der Waals surface area (Å²) in [6.07, 6.45) is 0.167. The molecule has 0 atom stereocenters. The van der Waals surface area contributed by atoms with Gasteiger partial charge in [0.15, 0.2) is 0 Å². The molecule has 0 radical (unpaired) electrons. The van der Waals surface area contributed by atoms with Crippen LogP contribution < -0.4 is 0 Å². The van der Waals surface area contributed by atoms with Crippen molar-refractivity contribution >= 4 is 11.9 Å². The summed E-state index contributed by atoms with van der Waals surface area (Å²) >= 11 is 0. The van der Waals surface area contributed by atoms with E-state index in [2.05, 4.69) is 4.74 Å². The lowest BCUT2D eigenvalue weighted by molar-refractivity contribution is -0.129. The first-order valence-corrected chi connectivity index (χ1v) is 7.06. The van der Waals surface area contributed by atoms with Gasteiger partial charge in [-0.2, -0.15) is 0 Å².